The van der Waals surface area contributed by atoms with E-state index in [1.54, 1.807) is 0 Å². The molecular weight excluding hydrogens is 386 g/mol. The molecule has 4 aromatic heterocycles. The molecule has 31 heavy (non-hydrogen) atoms. The molecule has 0 spiro atoms. The van der Waals surface area contributed by atoms with Crippen LogP contribution >= 0.6 is 0 Å². The summed E-state index contributed by atoms with van der Waals surface area (Å²) < 4.78 is 0. The van der Waals surface area contributed by atoms with Crippen LogP contribution in [0, 0.1) is 6.92 Å². The number of H-pyrrole nitrogens is 2. The number of hydrogen-bond acceptors (Lipinski definition) is 5. The minimum Gasteiger partial charge on any atom is -0.370 e. The third-order valence-corrected chi connectivity index (χ3v) is 6.18. The van der Waals surface area contributed by atoms with E-state index in [1.165, 1.54) is 24.9 Å². The molecule has 6 rings (SSSR count). The maximum Gasteiger partial charge on any atom is 0.181 e. The van der Waals surface area contributed by atoms with E-state index in [1.807, 2.05) is 24.7 Å². The Labute approximate surface area is 179 Å². The Hall–Kier alpha value is -3.74. The fourth-order valence-electron chi connectivity index (χ4n) is 4.52. The fourth-order valence-corrected chi connectivity index (χ4v) is 4.52. The van der Waals surface area contributed by atoms with E-state index in [4.69, 9.17) is 4.98 Å². The van der Waals surface area contributed by atoms with Gasteiger partial charge in [-0.05, 0) is 56.0 Å². The molecule has 0 radical (unpaired) electrons. The van der Waals surface area contributed by atoms with Crippen molar-refractivity contribution in [1.29, 1.82) is 0 Å². The number of piperidine rings is 1. The molecule has 1 fully saturated rings. The highest BCUT2D eigenvalue weighted by molar-refractivity contribution is 5.96. The van der Waals surface area contributed by atoms with Crippen molar-refractivity contribution in [3.05, 3.63) is 54.5 Å². The number of nitrogens with zero attached hydrogens (tertiary/aromatic N) is 5. The summed E-state index contributed by atoms with van der Waals surface area (Å²) in [4.78, 5) is 19.8. The number of rotatable bonds is 3. The third kappa shape index (κ3) is 3.04. The first kappa shape index (κ1) is 18.1. The van der Waals surface area contributed by atoms with Gasteiger partial charge in [0.1, 0.15) is 11.2 Å². The number of imidazole rings is 1. The summed E-state index contributed by atoms with van der Waals surface area (Å²) in [5.41, 5.74) is 8.03. The predicted octanol–water partition coefficient (Wildman–Crippen LogP) is 4.86. The first-order valence-corrected chi connectivity index (χ1v) is 10.8. The number of aryl methyl sites for hydroxylation is 1. The normalized spacial score (nSPS) is 14.5. The van der Waals surface area contributed by atoms with Gasteiger partial charge >= 0.3 is 0 Å². The molecule has 0 aliphatic carbocycles. The van der Waals surface area contributed by atoms with Crippen molar-refractivity contribution in [3.8, 4) is 22.6 Å². The van der Waals surface area contributed by atoms with E-state index in [2.05, 4.69) is 61.2 Å². The molecule has 1 aliphatic heterocycles. The summed E-state index contributed by atoms with van der Waals surface area (Å²) in [6.07, 6.45) is 9.32. The van der Waals surface area contributed by atoms with Gasteiger partial charge in [-0.25, -0.2) is 9.97 Å². The van der Waals surface area contributed by atoms with Crippen LogP contribution in [0.3, 0.4) is 0 Å². The summed E-state index contributed by atoms with van der Waals surface area (Å²) in [7, 11) is 0. The second-order valence-electron chi connectivity index (χ2n) is 8.19. The lowest BCUT2D eigenvalue weighted by molar-refractivity contribution is 0.579. The molecule has 154 valence electrons. The van der Waals surface area contributed by atoms with Crippen molar-refractivity contribution in [3.63, 3.8) is 0 Å². The maximum atomic E-state index is 4.99. The van der Waals surface area contributed by atoms with E-state index < -0.39 is 0 Å². The first-order valence-electron chi connectivity index (χ1n) is 10.8. The smallest absolute Gasteiger partial charge is 0.181 e. The van der Waals surface area contributed by atoms with Crippen molar-refractivity contribution < 1.29 is 0 Å². The van der Waals surface area contributed by atoms with Crippen LogP contribution in [-0.2, 0) is 0 Å². The Morgan fingerprint density at radius 3 is 2.81 bits per heavy atom. The largest absolute Gasteiger partial charge is 0.370 e. The van der Waals surface area contributed by atoms with E-state index in [-0.39, 0.29) is 0 Å². The zero-order valence-corrected chi connectivity index (χ0v) is 17.4. The van der Waals surface area contributed by atoms with Crippen LogP contribution in [0.2, 0.25) is 0 Å². The minimum absolute atomic E-state index is 0.678. The van der Waals surface area contributed by atoms with Crippen LogP contribution in [0.5, 0.6) is 0 Å². The van der Waals surface area contributed by atoms with Gasteiger partial charge in [-0.3, -0.25) is 10.1 Å². The van der Waals surface area contributed by atoms with E-state index in [0.29, 0.717) is 5.65 Å². The van der Waals surface area contributed by atoms with Crippen molar-refractivity contribution in [2.45, 2.75) is 26.2 Å². The quantitative estimate of drug-likeness (QED) is 0.444. The van der Waals surface area contributed by atoms with Gasteiger partial charge in [-0.1, -0.05) is 6.07 Å². The molecular formula is C24H23N7. The number of hydrogen-bond donors (Lipinski definition) is 2. The van der Waals surface area contributed by atoms with E-state index in [0.717, 1.165) is 57.7 Å². The zero-order chi connectivity index (χ0) is 20.8. The summed E-state index contributed by atoms with van der Waals surface area (Å²) in [6, 6.07) is 10.5. The topological polar surface area (TPSA) is 86.4 Å². The summed E-state index contributed by atoms with van der Waals surface area (Å²) in [5, 5.41) is 8.50. The van der Waals surface area contributed by atoms with Gasteiger partial charge in [0, 0.05) is 42.8 Å². The lowest BCUT2D eigenvalue weighted by Crippen LogP contribution is -2.29. The average Bonchev–Trinajstić information content (AvgIpc) is 3.43. The molecule has 1 aromatic carbocycles. The number of anilines is 1. The number of nitrogens with one attached hydrogen (secondary N) is 2. The first-order chi connectivity index (χ1) is 15.3. The zero-order valence-electron chi connectivity index (χ0n) is 17.4. The Balaban J connectivity index is 1.47. The van der Waals surface area contributed by atoms with Gasteiger partial charge < -0.3 is 9.88 Å². The number of aromatic nitrogens is 6. The molecule has 0 bridgehead atoms. The van der Waals surface area contributed by atoms with Crippen LogP contribution in [-0.4, -0.2) is 43.2 Å². The minimum atomic E-state index is 0.678. The molecule has 0 saturated carbocycles. The predicted molar refractivity (Wildman–Crippen MR) is 123 cm³/mol. The van der Waals surface area contributed by atoms with Gasteiger partial charge in [-0.2, -0.15) is 5.10 Å². The molecule has 0 unspecified atom stereocenters. The van der Waals surface area contributed by atoms with Gasteiger partial charge in [0.2, 0.25) is 0 Å². The Morgan fingerprint density at radius 1 is 1.03 bits per heavy atom. The summed E-state index contributed by atoms with van der Waals surface area (Å²) in [5.74, 6) is 0.781. The van der Waals surface area contributed by atoms with Gasteiger partial charge in [0.05, 0.1) is 16.6 Å². The highest BCUT2D eigenvalue weighted by Crippen LogP contribution is 2.33. The number of para-hydroxylation sites is 1. The van der Waals surface area contributed by atoms with Crippen LogP contribution < -0.4 is 4.90 Å². The molecule has 7 heteroatoms. The van der Waals surface area contributed by atoms with Crippen molar-refractivity contribution in [2.75, 3.05) is 18.0 Å². The molecule has 1 aliphatic rings. The number of fused-ring (bicyclic) bond motifs is 2. The second kappa shape index (κ2) is 7.19. The van der Waals surface area contributed by atoms with Gasteiger partial charge in [0.15, 0.2) is 11.5 Å². The molecule has 5 heterocycles. The van der Waals surface area contributed by atoms with Crippen molar-refractivity contribution in [1.82, 2.24) is 30.1 Å². The van der Waals surface area contributed by atoms with Gasteiger partial charge in [-0.15, -0.1) is 0 Å². The third-order valence-electron chi connectivity index (χ3n) is 6.18. The Bertz CT molecular complexity index is 1390. The molecule has 0 amide bonds. The molecule has 7 nitrogen and oxygen atoms in total. The number of aromatic amines is 2. The molecule has 1 saturated heterocycles. The summed E-state index contributed by atoms with van der Waals surface area (Å²) in [6.45, 7) is 4.26. The average molecular weight is 409 g/mol. The molecule has 0 atom stereocenters. The Morgan fingerprint density at radius 2 is 1.94 bits per heavy atom. The SMILES string of the molecule is Cc1ccncc1-c1cnc2n[nH]c(-c3nc4c(N5CCCCC5)cccc4[nH]3)c2c1. The molecule has 5 aromatic rings. The summed E-state index contributed by atoms with van der Waals surface area (Å²) >= 11 is 0. The van der Waals surface area contributed by atoms with Crippen LogP contribution in [0.25, 0.3) is 44.7 Å². The fraction of sp³-hybridized carbons (Fsp3) is 0.250. The monoisotopic (exact) mass is 409 g/mol. The van der Waals surface area contributed by atoms with Crippen molar-refractivity contribution >= 4 is 27.8 Å². The highest BCUT2D eigenvalue weighted by atomic mass is 15.2. The maximum absolute atomic E-state index is 4.99. The van der Waals surface area contributed by atoms with Crippen LogP contribution in [0.4, 0.5) is 5.69 Å². The van der Waals surface area contributed by atoms with Crippen LogP contribution in [0.1, 0.15) is 24.8 Å². The lowest BCUT2D eigenvalue weighted by Gasteiger charge is -2.28. The molecule has 2 N–H and O–H groups in total. The lowest BCUT2D eigenvalue weighted by atomic mass is 10.0. The second-order valence-corrected chi connectivity index (χ2v) is 8.19. The van der Waals surface area contributed by atoms with Crippen LogP contribution in [0.15, 0.2) is 48.9 Å². The number of pyridine rings is 2. The van der Waals surface area contributed by atoms with E-state index >= 15 is 0 Å². The number of benzene rings is 1. The Kier molecular flexibility index (Phi) is 4.19. The van der Waals surface area contributed by atoms with Crippen molar-refractivity contribution in [2.24, 2.45) is 0 Å². The van der Waals surface area contributed by atoms with Gasteiger partial charge in [0.25, 0.3) is 0 Å². The van der Waals surface area contributed by atoms with E-state index in [9.17, 15) is 0 Å². The highest BCUT2D eigenvalue weighted by Gasteiger charge is 2.19. The standard InChI is InChI=1S/C24H23N7/c1-15-8-9-25-14-18(15)16-12-17-21(29-30-23(17)26-13-16)24-27-19-6-5-7-20(22(19)28-24)31-10-3-2-4-11-31/h5-9,12-14H,2-4,10-11H2,1H3,(H,27,28)(H,26,29,30).